The summed E-state index contributed by atoms with van der Waals surface area (Å²) >= 11 is 0. The van der Waals surface area contributed by atoms with Crippen molar-refractivity contribution in [2.45, 2.75) is 25.8 Å². The summed E-state index contributed by atoms with van der Waals surface area (Å²) in [5.74, 6) is -0.780. The fraction of sp³-hybridized carbons (Fsp3) is 0.138. The van der Waals surface area contributed by atoms with Gasteiger partial charge in [-0.3, -0.25) is 9.59 Å². The summed E-state index contributed by atoms with van der Waals surface area (Å²) in [5, 5.41) is 9.23. The normalized spacial score (nSPS) is 14.4. The summed E-state index contributed by atoms with van der Waals surface area (Å²) in [6, 6.07) is 18.6. The van der Waals surface area contributed by atoms with Gasteiger partial charge in [0.25, 0.3) is 11.8 Å². The van der Waals surface area contributed by atoms with Crippen molar-refractivity contribution in [2.24, 2.45) is 5.73 Å². The number of rotatable bonds is 6. The van der Waals surface area contributed by atoms with Gasteiger partial charge < -0.3 is 26.7 Å². The second-order valence-electron chi connectivity index (χ2n) is 9.71. The number of nitrogens with two attached hydrogens (primary N) is 1. The molecule has 1 aliphatic rings. The molecule has 0 atom stereocenters. The van der Waals surface area contributed by atoms with Gasteiger partial charge in [0, 0.05) is 41.3 Å². The van der Waals surface area contributed by atoms with E-state index in [-0.39, 0.29) is 17.3 Å². The fourth-order valence-corrected chi connectivity index (χ4v) is 4.57. The van der Waals surface area contributed by atoms with Crippen LogP contribution in [0.2, 0.25) is 0 Å². The van der Waals surface area contributed by atoms with Crippen LogP contribution in [0.4, 0.5) is 21.6 Å². The molecule has 0 radical (unpaired) electrons. The highest BCUT2D eigenvalue weighted by molar-refractivity contribution is 6.25. The van der Waals surface area contributed by atoms with Crippen molar-refractivity contribution in [3.63, 3.8) is 0 Å². The number of halogens is 1. The van der Waals surface area contributed by atoms with Crippen molar-refractivity contribution >= 4 is 34.6 Å². The van der Waals surface area contributed by atoms with E-state index in [4.69, 9.17) is 5.73 Å². The van der Waals surface area contributed by atoms with E-state index in [1.807, 2.05) is 44.2 Å². The molecule has 38 heavy (non-hydrogen) atoms. The molecule has 2 aromatic carbocycles. The molecule has 1 aliphatic heterocycles. The Morgan fingerprint density at radius 3 is 2.55 bits per heavy atom. The number of aromatic nitrogens is 2. The number of hydrogen-bond acceptors (Lipinski definition) is 5. The molecule has 9 heteroatoms. The first-order chi connectivity index (χ1) is 18.2. The van der Waals surface area contributed by atoms with E-state index in [0.29, 0.717) is 34.5 Å². The number of aromatic amines is 1. The molecule has 6 N–H and O–H groups in total. The minimum absolute atomic E-state index is 0.170. The number of nitrogens with one attached hydrogen (secondary N) is 4. The van der Waals surface area contributed by atoms with E-state index in [9.17, 15) is 14.0 Å². The molecule has 5 rings (SSSR count). The average molecular weight is 511 g/mol. The largest absolute Gasteiger partial charge is 0.404 e. The van der Waals surface area contributed by atoms with Gasteiger partial charge in [-0.25, -0.2) is 9.37 Å². The Labute approximate surface area is 219 Å². The Kier molecular flexibility index (Phi) is 6.42. The van der Waals surface area contributed by atoms with Crippen LogP contribution in [0.1, 0.15) is 35.5 Å². The third-order valence-corrected chi connectivity index (χ3v) is 6.28. The van der Waals surface area contributed by atoms with Gasteiger partial charge in [0.05, 0.1) is 22.5 Å². The second kappa shape index (κ2) is 9.85. The number of pyridine rings is 1. The quantitative estimate of drug-likeness (QED) is 0.235. The Morgan fingerprint density at radius 2 is 1.84 bits per heavy atom. The van der Waals surface area contributed by atoms with E-state index in [2.05, 4.69) is 25.9 Å². The Morgan fingerprint density at radius 1 is 1.11 bits per heavy atom. The molecule has 0 spiro atoms. The molecule has 2 amide bonds. The fourth-order valence-electron chi connectivity index (χ4n) is 4.57. The van der Waals surface area contributed by atoms with E-state index in [0.717, 1.165) is 11.4 Å². The predicted octanol–water partition coefficient (Wildman–Crippen LogP) is 4.96. The first-order valence-corrected chi connectivity index (χ1v) is 12.1. The van der Waals surface area contributed by atoms with Crippen LogP contribution in [0.3, 0.4) is 0 Å². The predicted molar refractivity (Wildman–Crippen MR) is 146 cm³/mol. The first kappa shape index (κ1) is 24.8. The zero-order valence-corrected chi connectivity index (χ0v) is 20.9. The van der Waals surface area contributed by atoms with Gasteiger partial charge in [0.15, 0.2) is 0 Å². The monoisotopic (exact) mass is 510 g/mol. The lowest BCUT2D eigenvalue weighted by molar-refractivity contribution is -0.111. The van der Waals surface area contributed by atoms with Crippen LogP contribution in [0.15, 0.2) is 79.1 Å². The lowest BCUT2D eigenvalue weighted by atomic mass is 9.91. The van der Waals surface area contributed by atoms with Gasteiger partial charge in [-0.2, -0.15) is 0 Å². The maximum Gasteiger partial charge on any atom is 0.258 e. The molecule has 4 aromatic rings. The molecule has 0 unspecified atom stereocenters. The van der Waals surface area contributed by atoms with Crippen molar-refractivity contribution in [3.05, 3.63) is 102 Å². The number of amides is 2. The van der Waals surface area contributed by atoms with Crippen molar-refractivity contribution in [1.82, 2.24) is 15.3 Å². The zero-order chi connectivity index (χ0) is 26.9. The molecule has 0 fully saturated rings. The highest BCUT2D eigenvalue weighted by Crippen LogP contribution is 2.39. The summed E-state index contributed by atoms with van der Waals surface area (Å²) in [4.78, 5) is 33.9. The standard InChI is InChI=1S/C29H27FN6O2/c1-29(2)15-22-24(28(38)36-29)26(33-20-6-4-3-5-7-20)25(34-22)18-12-13-32-23(14-18)35-27(37)21(16-31)17-8-10-19(30)11-9-17/h3-14,16,33-34H,15,31H2,1-2H3,(H,36,38)(H,32,35,37). The highest BCUT2D eigenvalue weighted by Gasteiger charge is 2.35. The van der Waals surface area contributed by atoms with Crippen molar-refractivity contribution in [1.29, 1.82) is 0 Å². The molecule has 8 nitrogen and oxygen atoms in total. The maximum atomic E-state index is 13.3. The van der Waals surface area contributed by atoms with Gasteiger partial charge in [-0.15, -0.1) is 0 Å². The number of para-hydroxylation sites is 1. The van der Waals surface area contributed by atoms with Crippen molar-refractivity contribution < 1.29 is 14.0 Å². The number of nitrogens with zero attached hydrogens (tertiary/aromatic N) is 1. The molecule has 0 aliphatic carbocycles. The summed E-state index contributed by atoms with van der Waals surface area (Å²) in [5.41, 5.74) is 10.2. The Hall–Kier alpha value is -4.92. The molecule has 0 saturated heterocycles. The van der Waals surface area contributed by atoms with Gasteiger partial charge in [0.1, 0.15) is 11.6 Å². The Balaban J connectivity index is 1.51. The number of H-pyrrole nitrogens is 1. The van der Waals surface area contributed by atoms with Gasteiger partial charge in [0.2, 0.25) is 0 Å². The molecular weight excluding hydrogens is 483 g/mol. The number of benzene rings is 2. The van der Waals surface area contributed by atoms with Crippen LogP contribution in [0.25, 0.3) is 16.8 Å². The van der Waals surface area contributed by atoms with Crippen LogP contribution in [-0.2, 0) is 11.2 Å². The third kappa shape index (κ3) is 4.99. The molecule has 0 saturated carbocycles. The minimum atomic E-state index is -0.488. The SMILES string of the molecule is CC1(C)Cc2[nH]c(-c3ccnc(NC(=O)C(=CN)c4ccc(F)cc4)c3)c(Nc3ccccc3)c2C(=O)N1. The Bertz CT molecular complexity index is 1540. The lowest BCUT2D eigenvalue weighted by Gasteiger charge is -2.30. The zero-order valence-electron chi connectivity index (χ0n) is 20.9. The molecule has 2 aromatic heterocycles. The molecule has 3 heterocycles. The number of hydrogen-bond donors (Lipinski definition) is 5. The van der Waals surface area contributed by atoms with Crippen molar-refractivity contribution in [3.8, 4) is 11.3 Å². The third-order valence-electron chi connectivity index (χ3n) is 6.28. The minimum Gasteiger partial charge on any atom is -0.404 e. The smallest absolute Gasteiger partial charge is 0.258 e. The van der Waals surface area contributed by atoms with E-state index >= 15 is 0 Å². The summed E-state index contributed by atoms with van der Waals surface area (Å²) in [6.45, 7) is 3.95. The van der Waals surface area contributed by atoms with E-state index < -0.39 is 17.3 Å². The number of carbonyl (C=O) groups is 2. The van der Waals surface area contributed by atoms with E-state index in [1.165, 1.54) is 30.5 Å². The van der Waals surface area contributed by atoms with Gasteiger partial charge >= 0.3 is 0 Å². The maximum absolute atomic E-state index is 13.3. The molecule has 0 bridgehead atoms. The highest BCUT2D eigenvalue weighted by atomic mass is 19.1. The summed E-state index contributed by atoms with van der Waals surface area (Å²) in [7, 11) is 0. The van der Waals surface area contributed by atoms with Crippen LogP contribution < -0.4 is 21.7 Å². The molecular formula is C29H27FN6O2. The number of carbonyl (C=O) groups excluding carboxylic acids is 2. The summed E-state index contributed by atoms with van der Waals surface area (Å²) < 4.78 is 13.3. The van der Waals surface area contributed by atoms with Gasteiger partial charge in [-0.05, 0) is 55.8 Å². The number of fused-ring (bicyclic) bond motifs is 1. The topological polar surface area (TPSA) is 125 Å². The van der Waals surface area contributed by atoms with Crippen LogP contribution in [-0.4, -0.2) is 27.3 Å². The van der Waals surface area contributed by atoms with Crippen molar-refractivity contribution in [2.75, 3.05) is 10.6 Å². The van der Waals surface area contributed by atoms with E-state index in [1.54, 1.807) is 18.3 Å². The number of anilines is 3. The molecule has 192 valence electrons. The second-order valence-corrected chi connectivity index (χ2v) is 9.71. The van der Waals surface area contributed by atoms with Crippen LogP contribution >= 0.6 is 0 Å². The first-order valence-electron chi connectivity index (χ1n) is 12.1. The summed E-state index contributed by atoms with van der Waals surface area (Å²) in [6.07, 6.45) is 3.37. The van der Waals surface area contributed by atoms with Crippen LogP contribution in [0, 0.1) is 5.82 Å². The average Bonchev–Trinajstić information content (AvgIpc) is 3.23. The van der Waals surface area contributed by atoms with Crippen LogP contribution in [0.5, 0.6) is 0 Å². The van der Waals surface area contributed by atoms with Gasteiger partial charge in [-0.1, -0.05) is 30.3 Å². The lowest BCUT2D eigenvalue weighted by Crippen LogP contribution is -2.49.